The van der Waals surface area contributed by atoms with E-state index in [0.717, 1.165) is 12.8 Å². The van der Waals surface area contributed by atoms with Gasteiger partial charge in [-0.2, -0.15) is 0 Å². The van der Waals surface area contributed by atoms with Crippen LogP contribution >= 0.6 is 0 Å². The van der Waals surface area contributed by atoms with Crippen molar-refractivity contribution in [3.63, 3.8) is 0 Å². The maximum Gasteiger partial charge on any atom is 0.0999 e. The first-order valence-electron chi connectivity index (χ1n) is 7.95. The largest absolute Gasteiger partial charge is 0.248 e. The number of hydrogen-bond acceptors (Lipinski definition) is 0. The first kappa shape index (κ1) is 16.9. The van der Waals surface area contributed by atoms with Crippen molar-refractivity contribution in [1.29, 1.82) is 0 Å². The van der Waals surface area contributed by atoms with Gasteiger partial charge in [0, 0.05) is 0 Å². The summed E-state index contributed by atoms with van der Waals surface area (Å²) in [6.45, 7) is 4.20. The van der Waals surface area contributed by atoms with Gasteiger partial charge in [0.15, 0.2) is 0 Å². The van der Waals surface area contributed by atoms with E-state index in [0.29, 0.717) is 6.42 Å². The summed E-state index contributed by atoms with van der Waals surface area (Å²) < 4.78 is 12.9. The lowest BCUT2D eigenvalue weighted by molar-refractivity contribution is 0.296. The third kappa shape index (κ3) is 13.9. The zero-order chi connectivity index (χ0) is 12.8. The molecular formula is C16H33F. The molecule has 17 heavy (non-hydrogen) atoms. The van der Waals surface area contributed by atoms with Gasteiger partial charge in [0.05, 0.1) is 6.17 Å². The molecule has 0 heterocycles. The second-order valence-electron chi connectivity index (χ2n) is 5.33. The third-order valence-electron chi connectivity index (χ3n) is 3.56. The molecule has 104 valence electrons. The average Bonchev–Trinajstić information content (AvgIpc) is 2.35. The smallest absolute Gasteiger partial charge is 0.0999 e. The highest BCUT2D eigenvalue weighted by Gasteiger charge is 2.01. The highest BCUT2D eigenvalue weighted by molar-refractivity contribution is 4.54. The molecule has 0 aliphatic heterocycles. The maximum absolute atomic E-state index is 12.9. The Bertz CT molecular complexity index is 133. The quantitative estimate of drug-likeness (QED) is 0.327. The van der Waals surface area contributed by atoms with Crippen molar-refractivity contribution in [3.05, 3.63) is 0 Å². The highest BCUT2D eigenvalue weighted by atomic mass is 19.1. The minimum Gasteiger partial charge on any atom is -0.248 e. The molecule has 1 atom stereocenters. The number of alkyl halides is 1. The van der Waals surface area contributed by atoms with E-state index in [4.69, 9.17) is 0 Å². The monoisotopic (exact) mass is 244 g/mol. The third-order valence-corrected chi connectivity index (χ3v) is 3.56. The molecule has 0 rings (SSSR count). The van der Waals surface area contributed by atoms with E-state index < -0.39 is 6.17 Å². The molecule has 0 N–H and O–H groups in total. The van der Waals surface area contributed by atoms with Crippen LogP contribution in [-0.2, 0) is 0 Å². The van der Waals surface area contributed by atoms with E-state index in [-0.39, 0.29) is 0 Å². The van der Waals surface area contributed by atoms with Crippen LogP contribution in [-0.4, -0.2) is 6.17 Å². The zero-order valence-corrected chi connectivity index (χ0v) is 12.1. The van der Waals surface area contributed by atoms with Gasteiger partial charge in [-0.05, 0) is 12.8 Å². The van der Waals surface area contributed by atoms with E-state index in [9.17, 15) is 4.39 Å². The van der Waals surface area contributed by atoms with Crippen molar-refractivity contribution in [1.82, 2.24) is 0 Å². The lowest BCUT2D eigenvalue weighted by atomic mass is 10.0. The standard InChI is InChI=1S/C16H33F/c1-3-5-6-7-8-9-10-11-12-13-14-15-16(17)4-2/h16H,3-15H2,1-2H3. The Hall–Kier alpha value is -0.0700. The molecule has 0 saturated carbocycles. The van der Waals surface area contributed by atoms with E-state index in [1.165, 1.54) is 64.2 Å². The summed E-state index contributed by atoms with van der Waals surface area (Å²) in [5, 5.41) is 0. The number of halogens is 1. The van der Waals surface area contributed by atoms with Gasteiger partial charge in [0.25, 0.3) is 0 Å². The Kier molecular flexibility index (Phi) is 13.9. The fourth-order valence-corrected chi connectivity index (χ4v) is 2.23. The topological polar surface area (TPSA) is 0 Å². The summed E-state index contributed by atoms with van der Waals surface area (Å²) in [6.07, 6.45) is 15.7. The van der Waals surface area contributed by atoms with Crippen molar-refractivity contribution >= 4 is 0 Å². The summed E-state index contributed by atoms with van der Waals surface area (Å²) in [5.74, 6) is 0. The molecule has 0 nitrogen and oxygen atoms in total. The number of unbranched alkanes of at least 4 members (excludes halogenated alkanes) is 10. The Morgan fingerprint density at radius 1 is 0.647 bits per heavy atom. The molecule has 0 amide bonds. The normalized spacial score (nSPS) is 12.9. The minimum atomic E-state index is -0.548. The summed E-state index contributed by atoms with van der Waals surface area (Å²) in [4.78, 5) is 0. The molecule has 0 aromatic carbocycles. The van der Waals surface area contributed by atoms with Crippen molar-refractivity contribution < 1.29 is 4.39 Å². The number of hydrogen-bond donors (Lipinski definition) is 0. The van der Waals surface area contributed by atoms with Crippen LogP contribution in [0.2, 0.25) is 0 Å². The molecule has 0 bridgehead atoms. The van der Waals surface area contributed by atoms with Crippen molar-refractivity contribution in [2.75, 3.05) is 0 Å². The van der Waals surface area contributed by atoms with Crippen LogP contribution in [0.3, 0.4) is 0 Å². The lowest BCUT2D eigenvalue weighted by Crippen LogP contribution is -1.96. The van der Waals surface area contributed by atoms with Crippen molar-refractivity contribution in [2.24, 2.45) is 0 Å². The Labute approximate surface area is 108 Å². The Morgan fingerprint density at radius 3 is 1.47 bits per heavy atom. The SMILES string of the molecule is CCCCCCCCCCCCCC(F)CC. The van der Waals surface area contributed by atoms with Crippen LogP contribution in [0.5, 0.6) is 0 Å². The molecule has 0 aromatic heterocycles. The van der Waals surface area contributed by atoms with Gasteiger partial charge in [-0.3, -0.25) is 0 Å². The van der Waals surface area contributed by atoms with Crippen molar-refractivity contribution in [2.45, 2.75) is 103 Å². The van der Waals surface area contributed by atoms with Crippen LogP contribution in [0.4, 0.5) is 4.39 Å². The van der Waals surface area contributed by atoms with Crippen LogP contribution in [0.15, 0.2) is 0 Å². The minimum absolute atomic E-state index is 0.548. The van der Waals surface area contributed by atoms with Crippen LogP contribution in [0, 0.1) is 0 Å². The second-order valence-corrected chi connectivity index (χ2v) is 5.33. The molecule has 0 spiro atoms. The molecule has 0 aromatic rings. The summed E-state index contributed by atoms with van der Waals surface area (Å²) in [6, 6.07) is 0. The van der Waals surface area contributed by atoms with E-state index in [1.807, 2.05) is 6.92 Å². The van der Waals surface area contributed by atoms with Crippen LogP contribution < -0.4 is 0 Å². The summed E-state index contributed by atoms with van der Waals surface area (Å²) in [7, 11) is 0. The van der Waals surface area contributed by atoms with Gasteiger partial charge < -0.3 is 0 Å². The highest BCUT2D eigenvalue weighted by Crippen LogP contribution is 2.13. The predicted molar refractivity (Wildman–Crippen MR) is 76.3 cm³/mol. The average molecular weight is 244 g/mol. The second kappa shape index (κ2) is 14.0. The summed E-state index contributed by atoms with van der Waals surface area (Å²) in [5.41, 5.74) is 0. The molecule has 0 aliphatic carbocycles. The fourth-order valence-electron chi connectivity index (χ4n) is 2.23. The van der Waals surface area contributed by atoms with E-state index in [2.05, 4.69) is 6.92 Å². The van der Waals surface area contributed by atoms with Gasteiger partial charge in [0.1, 0.15) is 0 Å². The molecule has 0 fully saturated rings. The molecule has 1 unspecified atom stereocenters. The van der Waals surface area contributed by atoms with Gasteiger partial charge in [-0.15, -0.1) is 0 Å². The van der Waals surface area contributed by atoms with Crippen molar-refractivity contribution in [3.8, 4) is 0 Å². The lowest BCUT2D eigenvalue weighted by Gasteiger charge is -2.05. The Morgan fingerprint density at radius 2 is 1.06 bits per heavy atom. The molecule has 0 radical (unpaired) electrons. The maximum atomic E-state index is 12.9. The molecule has 0 aliphatic rings. The predicted octanol–water partition coefficient (Wildman–Crippen LogP) is 6.44. The van der Waals surface area contributed by atoms with Gasteiger partial charge in [-0.25, -0.2) is 4.39 Å². The van der Waals surface area contributed by atoms with E-state index in [1.54, 1.807) is 0 Å². The summed E-state index contributed by atoms with van der Waals surface area (Å²) >= 11 is 0. The number of rotatable bonds is 13. The molecule has 0 saturated heterocycles. The van der Waals surface area contributed by atoms with Gasteiger partial charge in [0.2, 0.25) is 0 Å². The van der Waals surface area contributed by atoms with Crippen LogP contribution in [0.25, 0.3) is 0 Å². The van der Waals surface area contributed by atoms with Gasteiger partial charge >= 0.3 is 0 Å². The van der Waals surface area contributed by atoms with E-state index >= 15 is 0 Å². The first-order chi connectivity index (χ1) is 8.31. The Balaban J connectivity index is 2.94. The molecule has 1 heteroatoms. The molecular weight excluding hydrogens is 211 g/mol. The zero-order valence-electron chi connectivity index (χ0n) is 12.1. The first-order valence-corrected chi connectivity index (χ1v) is 7.95. The van der Waals surface area contributed by atoms with Crippen LogP contribution in [0.1, 0.15) is 97.3 Å². The fraction of sp³-hybridized carbons (Fsp3) is 1.00. The van der Waals surface area contributed by atoms with Gasteiger partial charge in [-0.1, -0.05) is 84.5 Å².